The van der Waals surface area contributed by atoms with E-state index in [9.17, 15) is 0 Å². The summed E-state index contributed by atoms with van der Waals surface area (Å²) in [5, 5.41) is 7.92. The molecule has 5 heteroatoms. The van der Waals surface area contributed by atoms with E-state index in [0.29, 0.717) is 5.92 Å². The number of halogens is 1. The second kappa shape index (κ2) is 4.14. The van der Waals surface area contributed by atoms with Gasteiger partial charge in [0.1, 0.15) is 4.60 Å². The summed E-state index contributed by atoms with van der Waals surface area (Å²) in [7, 11) is 0. The normalized spacial score (nSPS) is 18.1. The highest BCUT2D eigenvalue weighted by Gasteiger charge is 2.19. The van der Waals surface area contributed by atoms with Gasteiger partial charge in [-0.15, -0.1) is 5.10 Å². The van der Waals surface area contributed by atoms with E-state index in [-0.39, 0.29) is 0 Å². The molecule has 0 aliphatic carbocycles. The molecular formula is C11H13BrN4. The Morgan fingerprint density at radius 3 is 2.88 bits per heavy atom. The number of hydrogen-bond acceptors (Lipinski definition) is 3. The molecular weight excluding hydrogens is 268 g/mol. The molecule has 0 unspecified atom stereocenters. The molecule has 1 aliphatic rings. The highest BCUT2D eigenvalue weighted by molar-refractivity contribution is 9.10. The minimum Gasteiger partial charge on any atom is -0.317 e. The summed E-state index contributed by atoms with van der Waals surface area (Å²) < 4.78 is 2.81. The molecule has 0 bridgehead atoms. The predicted molar refractivity (Wildman–Crippen MR) is 65.5 cm³/mol. The molecule has 1 aliphatic heterocycles. The van der Waals surface area contributed by atoms with Gasteiger partial charge in [0.05, 0.1) is 0 Å². The average Bonchev–Trinajstić information content (AvgIpc) is 2.76. The van der Waals surface area contributed by atoms with Crippen LogP contribution in [0.2, 0.25) is 0 Å². The summed E-state index contributed by atoms with van der Waals surface area (Å²) in [6.45, 7) is 2.14. The maximum absolute atomic E-state index is 4.59. The zero-order valence-electron chi connectivity index (χ0n) is 8.86. The predicted octanol–water partition coefficient (Wildman–Crippen LogP) is 1.96. The van der Waals surface area contributed by atoms with E-state index in [1.54, 1.807) is 0 Å². The van der Waals surface area contributed by atoms with E-state index in [1.165, 1.54) is 0 Å². The molecule has 16 heavy (non-hydrogen) atoms. The van der Waals surface area contributed by atoms with Crippen LogP contribution in [0, 0.1) is 0 Å². The van der Waals surface area contributed by atoms with Crippen molar-refractivity contribution in [1.29, 1.82) is 0 Å². The first kappa shape index (κ1) is 10.2. The van der Waals surface area contributed by atoms with Crippen molar-refractivity contribution < 1.29 is 0 Å². The lowest BCUT2D eigenvalue weighted by atomic mass is 9.98. The van der Waals surface area contributed by atoms with Gasteiger partial charge < -0.3 is 5.32 Å². The fourth-order valence-electron chi connectivity index (χ4n) is 2.14. The van der Waals surface area contributed by atoms with E-state index in [1.807, 2.05) is 22.7 Å². The maximum Gasteiger partial charge on any atom is 0.156 e. The van der Waals surface area contributed by atoms with Gasteiger partial charge in [0, 0.05) is 5.92 Å². The van der Waals surface area contributed by atoms with Crippen molar-refractivity contribution in [3.8, 4) is 0 Å². The van der Waals surface area contributed by atoms with Gasteiger partial charge in [-0.25, -0.2) is 9.50 Å². The van der Waals surface area contributed by atoms with Crippen LogP contribution < -0.4 is 5.32 Å². The zero-order valence-corrected chi connectivity index (χ0v) is 10.4. The fourth-order valence-corrected chi connectivity index (χ4v) is 2.56. The first-order valence-electron chi connectivity index (χ1n) is 5.56. The number of fused-ring (bicyclic) bond motifs is 1. The lowest BCUT2D eigenvalue weighted by Gasteiger charge is -2.19. The Morgan fingerprint density at radius 2 is 2.12 bits per heavy atom. The molecule has 0 atom stereocenters. The van der Waals surface area contributed by atoms with E-state index in [0.717, 1.165) is 42.0 Å². The Kier molecular flexibility index (Phi) is 2.65. The topological polar surface area (TPSA) is 42.2 Å². The summed E-state index contributed by atoms with van der Waals surface area (Å²) in [5.41, 5.74) is 0.919. The zero-order chi connectivity index (χ0) is 11.0. The van der Waals surface area contributed by atoms with Crippen molar-refractivity contribution in [2.24, 2.45) is 0 Å². The lowest BCUT2D eigenvalue weighted by molar-refractivity contribution is 0.445. The molecule has 84 valence electrons. The van der Waals surface area contributed by atoms with Crippen LogP contribution in [0.15, 0.2) is 22.8 Å². The van der Waals surface area contributed by atoms with Crippen molar-refractivity contribution in [2.75, 3.05) is 13.1 Å². The summed E-state index contributed by atoms with van der Waals surface area (Å²) in [6, 6.07) is 5.95. The molecule has 0 aromatic carbocycles. The molecule has 0 radical (unpaired) electrons. The Labute approximate surface area is 102 Å². The molecule has 1 saturated heterocycles. The largest absolute Gasteiger partial charge is 0.317 e. The van der Waals surface area contributed by atoms with Gasteiger partial charge in [0.2, 0.25) is 0 Å². The van der Waals surface area contributed by atoms with Gasteiger partial charge in [-0.1, -0.05) is 6.07 Å². The third kappa shape index (κ3) is 1.74. The molecule has 0 amide bonds. The molecule has 0 saturated carbocycles. The Bertz CT molecular complexity index is 502. The van der Waals surface area contributed by atoms with Crippen LogP contribution in [0.5, 0.6) is 0 Å². The molecule has 2 aromatic heterocycles. The summed E-state index contributed by atoms with van der Waals surface area (Å²) in [6.07, 6.45) is 2.27. The van der Waals surface area contributed by atoms with Crippen molar-refractivity contribution in [3.63, 3.8) is 0 Å². The standard InChI is InChI=1S/C11H13BrN4/c12-9-2-1-3-10-14-11(15-16(9)10)8-4-6-13-7-5-8/h1-3,8,13H,4-7H2. The number of nitrogens with zero attached hydrogens (tertiary/aromatic N) is 3. The first-order valence-corrected chi connectivity index (χ1v) is 6.36. The summed E-state index contributed by atoms with van der Waals surface area (Å²) >= 11 is 3.48. The van der Waals surface area contributed by atoms with Crippen LogP contribution >= 0.6 is 15.9 Å². The number of hydrogen-bond donors (Lipinski definition) is 1. The average molecular weight is 281 g/mol. The number of piperidine rings is 1. The maximum atomic E-state index is 4.59. The van der Waals surface area contributed by atoms with Crippen LogP contribution in [-0.4, -0.2) is 27.7 Å². The Balaban J connectivity index is 2.01. The van der Waals surface area contributed by atoms with Gasteiger partial charge in [-0.05, 0) is 54.0 Å². The highest BCUT2D eigenvalue weighted by atomic mass is 79.9. The second-order valence-electron chi connectivity index (χ2n) is 4.11. The van der Waals surface area contributed by atoms with Gasteiger partial charge >= 0.3 is 0 Å². The van der Waals surface area contributed by atoms with Crippen LogP contribution in [0.3, 0.4) is 0 Å². The highest BCUT2D eigenvalue weighted by Crippen LogP contribution is 2.23. The smallest absolute Gasteiger partial charge is 0.156 e. The van der Waals surface area contributed by atoms with Crippen LogP contribution in [0.1, 0.15) is 24.6 Å². The molecule has 0 spiro atoms. The van der Waals surface area contributed by atoms with Gasteiger partial charge in [-0.3, -0.25) is 0 Å². The van der Waals surface area contributed by atoms with E-state index in [4.69, 9.17) is 0 Å². The lowest BCUT2D eigenvalue weighted by Crippen LogP contribution is -2.27. The molecule has 4 nitrogen and oxygen atoms in total. The minimum absolute atomic E-state index is 0.507. The minimum atomic E-state index is 0.507. The van der Waals surface area contributed by atoms with E-state index >= 15 is 0 Å². The van der Waals surface area contributed by atoms with Crippen LogP contribution in [-0.2, 0) is 0 Å². The molecule has 1 N–H and O–H groups in total. The Morgan fingerprint density at radius 1 is 1.31 bits per heavy atom. The third-order valence-electron chi connectivity index (χ3n) is 3.03. The molecule has 3 heterocycles. The summed E-state index contributed by atoms with van der Waals surface area (Å²) in [4.78, 5) is 4.59. The quantitative estimate of drug-likeness (QED) is 0.812. The molecule has 3 rings (SSSR count). The SMILES string of the molecule is Brc1cccc2nc(C3CCNCC3)nn12. The fraction of sp³-hybridized carbons (Fsp3) is 0.455. The van der Waals surface area contributed by atoms with Crippen molar-refractivity contribution in [1.82, 2.24) is 19.9 Å². The summed E-state index contributed by atoms with van der Waals surface area (Å²) in [5.74, 6) is 1.49. The Hall–Kier alpha value is -0.940. The van der Waals surface area contributed by atoms with E-state index < -0.39 is 0 Å². The van der Waals surface area contributed by atoms with Crippen LogP contribution in [0.25, 0.3) is 5.65 Å². The van der Waals surface area contributed by atoms with E-state index in [2.05, 4.69) is 31.3 Å². The number of aromatic nitrogens is 3. The van der Waals surface area contributed by atoms with Gasteiger partial charge in [-0.2, -0.15) is 0 Å². The third-order valence-corrected chi connectivity index (χ3v) is 3.63. The monoisotopic (exact) mass is 280 g/mol. The second-order valence-corrected chi connectivity index (χ2v) is 4.93. The van der Waals surface area contributed by atoms with Crippen molar-refractivity contribution in [2.45, 2.75) is 18.8 Å². The number of pyridine rings is 1. The number of rotatable bonds is 1. The van der Waals surface area contributed by atoms with Crippen molar-refractivity contribution >= 4 is 21.6 Å². The first-order chi connectivity index (χ1) is 7.84. The van der Waals surface area contributed by atoms with Crippen molar-refractivity contribution in [3.05, 3.63) is 28.6 Å². The molecule has 2 aromatic rings. The number of nitrogens with one attached hydrogen (secondary N) is 1. The van der Waals surface area contributed by atoms with Gasteiger partial charge in [0.25, 0.3) is 0 Å². The van der Waals surface area contributed by atoms with Crippen LogP contribution in [0.4, 0.5) is 0 Å². The van der Waals surface area contributed by atoms with Gasteiger partial charge in [0.15, 0.2) is 11.5 Å². The molecule has 1 fully saturated rings.